The van der Waals surface area contributed by atoms with Crippen molar-refractivity contribution in [3.63, 3.8) is 0 Å². The number of ketones is 1. The molecule has 15 heavy (non-hydrogen) atoms. The summed E-state index contributed by atoms with van der Waals surface area (Å²) in [4.78, 5) is 27.2. The Balaban J connectivity index is 2.23. The van der Waals surface area contributed by atoms with Crippen molar-refractivity contribution in [1.82, 2.24) is 9.55 Å². The molecule has 1 atom stereocenters. The molecule has 5 nitrogen and oxygen atoms in total. The summed E-state index contributed by atoms with van der Waals surface area (Å²) in [6.07, 6.45) is 1.99. The number of rotatable bonds is 2. The highest BCUT2D eigenvalue weighted by Gasteiger charge is 2.39. The highest BCUT2D eigenvalue weighted by Crippen LogP contribution is 2.26. The van der Waals surface area contributed by atoms with Crippen LogP contribution in [-0.2, 0) is 23.0 Å². The van der Waals surface area contributed by atoms with Crippen molar-refractivity contribution in [2.75, 3.05) is 6.61 Å². The minimum atomic E-state index is -0.685. The third kappa shape index (κ3) is 1.44. The Labute approximate surface area is 87.1 Å². The zero-order valence-corrected chi connectivity index (χ0v) is 8.69. The van der Waals surface area contributed by atoms with E-state index in [-0.39, 0.29) is 5.78 Å². The van der Waals surface area contributed by atoms with Crippen LogP contribution < -0.4 is 0 Å². The van der Waals surface area contributed by atoms with Crippen LogP contribution in [0.2, 0.25) is 0 Å². The Morgan fingerprint density at radius 2 is 2.47 bits per heavy atom. The van der Waals surface area contributed by atoms with Gasteiger partial charge in [0.2, 0.25) is 0 Å². The normalized spacial score (nSPS) is 19.1. The largest absolute Gasteiger partial charge is 0.465 e. The van der Waals surface area contributed by atoms with Crippen LogP contribution in [0.25, 0.3) is 0 Å². The van der Waals surface area contributed by atoms with Crippen LogP contribution in [0.1, 0.15) is 23.1 Å². The molecular weight excluding hydrogens is 196 g/mol. The lowest BCUT2D eigenvalue weighted by atomic mass is 10.1. The summed E-state index contributed by atoms with van der Waals surface area (Å²) in [5.41, 5.74) is 1.23. The molecule has 0 fully saturated rings. The van der Waals surface area contributed by atoms with Gasteiger partial charge in [0.15, 0.2) is 5.78 Å². The van der Waals surface area contributed by atoms with Gasteiger partial charge in [-0.3, -0.25) is 9.59 Å². The molecular formula is C10H12N2O3. The Hall–Kier alpha value is -1.65. The van der Waals surface area contributed by atoms with Gasteiger partial charge >= 0.3 is 5.97 Å². The first kappa shape index (κ1) is 9.89. The van der Waals surface area contributed by atoms with E-state index in [0.29, 0.717) is 18.7 Å². The summed E-state index contributed by atoms with van der Waals surface area (Å²) < 4.78 is 6.61. The van der Waals surface area contributed by atoms with Gasteiger partial charge < -0.3 is 9.30 Å². The number of hydrogen-bond donors (Lipinski definition) is 0. The molecule has 1 heterocycles. The third-order valence-electron chi connectivity index (χ3n) is 2.58. The molecule has 0 saturated heterocycles. The average molecular weight is 208 g/mol. The molecule has 80 valence electrons. The van der Waals surface area contributed by atoms with Gasteiger partial charge in [0, 0.05) is 19.2 Å². The molecule has 0 unspecified atom stereocenters. The van der Waals surface area contributed by atoms with Crippen LogP contribution >= 0.6 is 0 Å². The number of esters is 1. The van der Waals surface area contributed by atoms with Crippen molar-refractivity contribution in [3.05, 3.63) is 17.7 Å². The molecule has 1 aliphatic carbocycles. The van der Waals surface area contributed by atoms with E-state index < -0.39 is 11.9 Å². The lowest BCUT2D eigenvalue weighted by Gasteiger charge is -2.06. The van der Waals surface area contributed by atoms with E-state index in [9.17, 15) is 9.59 Å². The first-order chi connectivity index (χ1) is 7.15. The van der Waals surface area contributed by atoms with Gasteiger partial charge in [0.25, 0.3) is 0 Å². The van der Waals surface area contributed by atoms with Crippen molar-refractivity contribution >= 4 is 11.8 Å². The first-order valence-electron chi connectivity index (χ1n) is 4.86. The Kier molecular flexibility index (Phi) is 2.30. The van der Waals surface area contributed by atoms with Crippen molar-refractivity contribution in [2.45, 2.75) is 13.3 Å². The van der Waals surface area contributed by atoms with E-state index in [0.717, 1.165) is 5.69 Å². The van der Waals surface area contributed by atoms with E-state index in [1.807, 2.05) is 7.05 Å². The number of Topliss-reactive ketones (excluding diaryl/α,β-unsaturated/α-hetero) is 1. The molecule has 1 aromatic rings. The maximum absolute atomic E-state index is 11.7. The maximum atomic E-state index is 11.7. The van der Waals surface area contributed by atoms with Crippen LogP contribution in [0.5, 0.6) is 0 Å². The van der Waals surface area contributed by atoms with Crippen LogP contribution in [0.4, 0.5) is 0 Å². The lowest BCUT2D eigenvalue weighted by Crippen LogP contribution is -2.23. The van der Waals surface area contributed by atoms with Crippen LogP contribution in [0.3, 0.4) is 0 Å². The van der Waals surface area contributed by atoms with Crippen molar-refractivity contribution in [1.29, 1.82) is 0 Å². The number of hydrogen-bond acceptors (Lipinski definition) is 4. The average Bonchev–Trinajstić information content (AvgIpc) is 2.70. The van der Waals surface area contributed by atoms with Crippen LogP contribution in [0, 0.1) is 5.92 Å². The minimum Gasteiger partial charge on any atom is -0.465 e. The number of ether oxygens (including phenoxy) is 1. The number of fused-ring (bicyclic) bond motifs is 1. The molecule has 0 radical (unpaired) electrons. The number of carbonyl (C=O) groups is 2. The van der Waals surface area contributed by atoms with E-state index in [2.05, 4.69) is 4.98 Å². The first-order valence-corrected chi connectivity index (χ1v) is 4.86. The van der Waals surface area contributed by atoms with E-state index in [1.165, 1.54) is 0 Å². The fraction of sp³-hybridized carbons (Fsp3) is 0.500. The van der Waals surface area contributed by atoms with Gasteiger partial charge in [-0.25, -0.2) is 4.98 Å². The van der Waals surface area contributed by atoms with E-state index >= 15 is 0 Å². The number of imidazole rings is 1. The van der Waals surface area contributed by atoms with Gasteiger partial charge in [-0.05, 0) is 6.92 Å². The fourth-order valence-corrected chi connectivity index (χ4v) is 1.79. The second kappa shape index (κ2) is 3.49. The molecule has 0 saturated carbocycles. The summed E-state index contributed by atoms with van der Waals surface area (Å²) >= 11 is 0. The van der Waals surface area contributed by atoms with E-state index in [1.54, 1.807) is 17.8 Å². The lowest BCUT2D eigenvalue weighted by molar-refractivity contribution is -0.146. The summed E-state index contributed by atoms with van der Waals surface area (Å²) in [7, 11) is 1.81. The molecule has 0 aliphatic heterocycles. The molecule has 0 bridgehead atoms. The molecule has 0 aromatic carbocycles. The maximum Gasteiger partial charge on any atom is 0.317 e. The molecule has 5 heteroatoms. The van der Waals surface area contributed by atoms with Crippen LogP contribution in [-0.4, -0.2) is 27.9 Å². The quantitative estimate of drug-likeness (QED) is 0.519. The smallest absolute Gasteiger partial charge is 0.317 e. The summed E-state index contributed by atoms with van der Waals surface area (Å²) in [6, 6.07) is 0. The van der Waals surface area contributed by atoms with Crippen LogP contribution in [0.15, 0.2) is 6.33 Å². The molecule has 1 aromatic heterocycles. The topological polar surface area (TPSA) is 61.2 Å². The van der Waals surface area contributed by atoms with Gasteiger partial charge in [0.1, 0.15) is 11.6 Å². The standard InChI is InChI=1S/C10H12N2O3/c1-3-15-10(14)6-4-7-8(9(6)13)11-5-12(7)2/h5-6H,3-4H2,1-2H3/t6-/m1/s1. The van der Waals surface area contributed by atoms with Gasteiger partial charge in [-0.1, -0.05) is 0 Å². The number of aromatic nitrogens is 2. The molecule has 0 spiro atoms. The van der Waals surface area contributed by atoms with Crippen molar-refractivity contribution in [3.8, 4) is 0 Å². The fourth-order valence-electron chi connectivity index (χ4n) is 1.79. The predicted molar refractivity (Wildman–Crippen MR) is 51.4 cm³/mol. The number of nitrogens with zero attached hydrogens (tertiary/aromatic N) is 2. The van der Waals surface area contributed by atoms with Gasteiger partial charge in [0.05, 0.1) is 12.9 Å². The third-order valence-corrected chi connectivity index (χ3v) is 2.58. The Bertz CT molecular complexity index is 422. The summed E-state index contributed by atoms with van der Waals surface area (Å²) in [5.74, 6) is -1.35. The minimum absolute atomic E-state index is 0.218. The zero-order chi connectivity index (χ0) is 11.0. The predicted octanol–water partition coefficient (Wildman–Crippen LogP) is 0.338. The molecule has 2 rings (SSSR count). The van der Waals surface area contributed by atoms with Gasteiger partial charge in [-0.2, -0.15) is 0 Å². The van der Waals surface area contributed by atoms with Gasteiger partial charge in [-0.15, -0.1) is 0 Å². The number of carbonyl (C=O) groups excluding carboxylic acids is 2. The second-order valence-electron chi connectivity index (χ2n) is 3.52. The molecule has 1 aliphatic rings. The number of aryl methyl sites for hydroxylation is 1. The highest BCUT2D eigenvalue weighted by atomic mass is 16.5. The summed E-state index contributed by atoms with van der Waals surface area (Å²) in [6.45, 7) is 2.02. The van der Waals surface area contributed by atoms with Crippen molar-refractivity contribution < 1.29 is 14.3 Å². The highest BCUT2D eigenvalue weighted by molar-refractivity contribution is 6.10. The Morgan fingerprint density at radius 1 is 1.73 bits per heavy atom. The summed E-state index contributed by atoms with van der Waals surface area (Å²) in [5, 5.41) is 0. The monoisotopic (exact) mass is 208 g/mol. The molecule has 0 N–H and O–H groups in total. The Morgan fingerprint density at radius 3 is 3.07 bits per heavy atom. The SMILES string of the molecule is CCOC(=O)[C@@H]1Cc2c(ncn2C)C1=O. The molecule has 0 amide bonds. The van der Waals surface area contributed by atoms with Crippen molar-refractivity contribution in [2.24, 2.45) is 13.0 Å². The van der Waals surface area contributed by atoms with E-state index in [4.69, 9.17) is 4.74 Å². The zero-order valence-electron chi connectivity index (χ0n) is 8.69. The second-order valence-corrected chi connectivity index (χ2v) is 3.52.